The van der Waals surface area contributed by atoms with Crippen molar-refractivity contribution in [3.8, 4) is 0 Å². The molecule has 1 saturated heterocycles. The molecule has 1 N–H and O–H groups in total. The van der Waals surface area contributed by atoms with Crippen LogP contribution in [0, 0.1) is 0 Å². The van der Waals surface area contributed by atoms with Gasteiger partial charge in [0.1, 0.15) is 6.04 Å². The average Bonchev–Trinajstić information content (AvgIpc) is 2.64. The standard InChI is InChI=1S/C19H30F3N5.HI/c1-5-23-18(24-14-16-6-8-17(9-7-16)25(3)4)27-12-10-26(11-13-27)15(2)19(20,21)22;/h6-9,15H,5,10-14H2,1-4H3,(H,23,24);1H. The third kappa shape index (κ3) is 6.98. The zero-order valence-electron chi connectivity index (χ0n) is 17.0. The normalized spacial score (nSPS) is 17.1. The van der Waals surface area contributed by atoms with Gasteiger partial charge >= 0.3 is 6.18 Å². The number of benzene rings is 1. The molecule has 28 heavy (non-hydrogen) atoms. The van der Waals surface area contributed by atoms with E-state index in [9.17, 15) is 13.2 Å². The summed E-state index contributed by atoms with van der Waals surface area (Å²) in [5, 5.41) is 3.25. The lowest BCUT2D eigenvalue weighted by molar-refractivity contribution is -0.181. The van der Waals surface area contributed by atoms with Crippen molar-refractivity contribution in [2.75, 3.05) is 51.7 Å². The summed E-state index contributed by atoms with van der Waals surface area (Å²) < 4.78 is 38.7. The van der Waals surface area contributed by atoms with Gasteiger partial charge in [0.05, 0.1) is 6.54 Å². The number of hydrogen-bond donors (Lipinski definition) is 1. The molecule has 1 atom stereocenters. The highest BCUT2D eigenvalue weighted by Crippen LogP contribution is 2.25. The molecular weight excluding hydrogens is 482 g/mol. The van der Waals surface area contributed by atoms with Crippen LogP contribution in [0.25, 0.3) is 0 Å². The molecule has 0 amide bonds. The summed E-state index contributed by atoms with van der Waals surface area (Å²) in [4.78, 5) is 10.2. The lowest BCUT2D eigenvalue weighted by atomic mass is 10.2. The predicted molar refractivity (Wildman–Crippen MR) is 120 cm³/mol. The first-order chi connectivity index (χ1) is 12.7. The molecule has 1 unspecified atom stereocenters. The number of piperazine rings is 1. The highest BCUT2D eigenvalue weighted by atomic mass is 127. The lowest BCUT2D eigenvalue weighted by Gasteiger charge is -2.39. The molecule has 1 aromatic rings. The van der Waals surface area contributed by atoms with Gasteiger partial charge in [-0.25, -0.2) is 4.99 Å². The summed E-state index contributed by atoms with van der Waals surface area (Å²) in [6, 6.07) is 6.79. The SMILES string of the molecule is CCNC(=NCc1ccc(N(C)C)cc1)N1CCN(C(C)C(F)(F)F)CC1.I. The molecule has 1 aliphatic rings. The first kappa shape index (κ1) is 24.8. The Hall–Kier alpha value is -1.23. The van der Waals surface area contributed by atoms with Crippen LogP contribution in [0.4, 0.5) is 18.9 Å². The summed E-state index contributed by atoms with van der Waals surface area (Å²) in [5.41, 5.74) is 2.23. The third-order valence-corrected chi connectivity index (χ3v) is 4.83. The van der Waals surface area contributed by atoms with Crippen molar-refractivity contribution in [2.45, 2.75) is 32.6 Å². The van der Waals surface area contributed by atoms with Crippen LogP contribution in [0.15, 0.2) is 29.3 Å². The van der Waals surface area contributed by atoms with Gasteiger partial charge in [0.25, 0.3) is 0 Å². The maximum absolute atomic E-state index is 12.9. The van der Waals surface area contributed by atoms with E-state index in [1.165, 1.54) is 11.8 Å². The first-order valence-electron chi connectivity index (χ1n) is 9.32. The lowest BCUT2D eigenvalue weighted by Crippen LogP contribution is -2.56. The van der Waals surface area contributed by atoms with Crippen LogP contribution in [-0.4, -0.2) is 74.8 Å². The van der Waals surface area contributed by atoms with Crippen LogP contribution < -0.4 is 10.2 Å². The Balaban J connectivity index is 0.00000392. The van der Waals surface area contributed by atoms with Crippen LogP contribution >= 0.6 is 24.0 Å². The zero-order valence-corrected chi connectivity index (χ0v) is 19.3. The van der Waals surface area contributed by atoms with Gasteiger partial charge in [-0.3, -0.25) is 4.90 Å². The van der Waals surface area contributed by atoms with Crippen molar-refractivity contribution < 1.29 is 13.2 Å². The molecule has 1 fully saturated rings. The predicted octanol–water partition coefficient (Wildman–Crippen LogP) is 3.40. The van der Waals surface area contributed by atoms with E-state index in [1.807, 2.05) is 43.0 Å². The second kappa shape index (κ2) is 11.1. The Bertz CT molecular complexity index is 611. The minimum absolute atomic E-state index is 0. The minimum atomic E-state index is -4.18. The molecule has 0 aromatic heterocycles. The number of hydrogen-bond acceptors (Lipinski definition) is 3. The number of rotatable bonds is 5. The highest BCUT2D eigenvalue weighted by Gasteiger charge is 2.41. The number of anilines is 1. The van der Waals surface area contributed by atoms with E-state index in [2.05, 4.69) is 22.4 Å². The molecule has 0 aliphatic carbocycles. The molecule has 2 rings (SSSR count). The maximum atomic E-state index is 12.9. The maximum Gasteiger partial charge on any atom is 0.403 e. The van der Waals surface area contributed by atoms with Crippen molar-refractivity contribution in [3.63, 3.8) is 0 Å². The van der Waals surface area contributed by atoms with Crippen LogP contribution in [0.2, 0.25) is 0 Å². The molecule has 9 heteroatoms. The smallest absolute Gasteiger partial charge is 0.378 e. The van der Waals surface area contributed by atoms with E-state index in [4.69, 9.17) is 0 Å². The molecule has 1 aliphatic heterocycles. The van der Waals surface area contributed by atoms with Crippen LogP contribution in [0.1, 0.15) is 19.4 Å². The van der Waals surface area contributed by atoms with E-state index >= 15 is 0 Å². The largest absolute Gasteiger partial charge is 0.403 e. The van der Waals surface area contributed by atoms with Crippen LogP contribution in [0.5, 0.6) is 0 Å². The van der Waals surface area contributed by atoms with Crippen LogP contribution in [-0.2, 0) is 6.54 Å². The molecular formula is C19H31F3IN5. The number of halogens is 4. The average molecular weight is 513 g/mol. The van der Waals surface area contributed by atoms with Gasteiger partial charge in [-0.05, 0) is 31.5 Å². The fourth-order valence-electron chi connectivity index (χ4n) is 3.02. The Morgan fingerprint density at radius 1 is 1.14 bits per heavy atom. The van der Waals surface area contributed by atoms with Crippen molar-refractivity contribution in [1.29, 1.82) is 0 Å². The summed E-state index contributed by atoms with van der Waals surface area (Å²) >= 11 is 0. The summed E-state index contributed by atoms with van der Waals surface area (Å²) in [6.45, 7) is 6.30. The molecule has 0 saturated carbocycles. The molecule has 160 valence electrons. The van der Waals surface area contributed by atoms with E-state index in [1.54, 1.807) is 0 Å². The number of nitrogens with zero attached hydrogens (tertiary/aromatic N) is 4. The van der Waals surface area contributed by atoms with Crippen LogP contribution in [0.3, 0.4) is 0 Å². The first-order valence-corrected chi connectivity index (χ1v) is 9.32. The van der Waals surface area contributed by atoms with Gasteiger partial charge in [0, 0.05) is 52.5 Å². The molecule has 0 radical (unpaired) electrons. The van der Waals surface area contributed by atoms with Gasteiger partial charge in [-0.1, -0.05) is 12.1 Å². The van der Waals surface area contributed by atoms with Crippen molar-refractivity contribution in [1.82, 2.24) is 15.1 Å². The summed E-state index contributed by atoms with van der Waals surface area (Å²) in [5.74, 6) is 0.758. The monoisotopic (exact) mass is 513 g/mol. The number of alkyl halides is 3. The number of nitrogens with one attached hydrogen (secondary N) is 1. The van der Waals surface area contributed by atoms with Gasteiger partial charge in [0.15, 0.2) is 5.96 Å². The second-order valence-corrected chi connectivity index (χ2v) is 6.97. The molecule has 5 nitrogen and oxygen atoms in total. The van der Waals surface area contributed by atoms with E-state index < -0.39 is 12.2 Å². The fraction of sp³-hybridized carbons (Fsp3) is 0.632. The highest BCUT2D eigenvalue weighted by molar-refractivity contribution is 14.0. The van der Waals surface area contributed by atoms with Gasteiger partial charge in [-0.15, -0.1) is 24.0 Å². The van der Waals surface area contributed by atoms with E-state index in [-0.39, 0.29) is 24.0 Å². The van der Waals surface area contributed by atoms with Crippen molar-refractivity contribution in [2.24, 2.45) is 4.99 Å². The topological polar surface area (TPSA) is 34.1 Å². The Kier molecular flexibility index (Phi) is 9.82. The molecule has 1 heterocycles. The van der Waals surface area contributed by atoms with E-state index in [0.29, 0.717) is 32.7 Å². The Labute approximate surface area is 183 Å². The minimum Gasteiger partial charge on any atom is -0.378 e. The zero-order chi connectivity index (χ0) is 20.0. The number of guanidine groups is 1. The second-order valence-electron chi connectivity index (χ2n) is 6.97. The van der Waals surface area contributed by atoms with Gasteiger partial charge in [0.2, 0.25) is 0 Å². The molecule has 0 spiro atoms. The fourth-order valence-corrected chi connectivity index (χ4v) is 3.02. The summed E-state index contributed by atoms with van der Waals surface area (Å²) in [6.07, 6.45) is -4.18. The van der Waals surface area contributed by atoms with Crippen molar-refractivity contribution >= 4 is 35.6 Å². The van der Waals surface area contributed by atoms with Crippen molar-refractivity contribution in [3.05, 3.63) is 29.8 Å². The molecule has 0 bridgehead atoms. The quantitative estimate of drug-likeness (QED) is 0.372. The summed E-state index contributed by atoms with van der Waals surface area (Å²) in [7, 11) is 3.99. The van der Waals surface area contributed by atoms with Gasteiger partial charge < -0.3 is 15.1 Å². The van der Waals surface area contributed by atoms with E-state index in [0.717, 1.165) is 23.8 Å². The Morgan fingerprint density at radius 3 is 2.18 bits per heavy atom. The molecule has 1 aromatic carbocycles. The third-order valence-electron chi connectivity index (χ3n) is 4.83. The number of aliphatic imine (C=N–C) groups is 1. The Morgan fingerprint density at radius 2 is 1.71 bits per heavy atom. The van der Waals surface area contributed by atoms with Gasteiger partial charge in [-0.2, -0.15) is 13.2 Å².